The number of nitrogens with one attached hydrogen (secondary N) is 2. The van der Waals surface area contributed by atoms with Gasteiger partial charge in [0.05, 0.1) is 12.3 Å². The molecule has 0 saturated heterocycles. The van der Waals surface area contributed by atoms with Crippen LogP contribution in [-0.2, 0) is 19.6 Å². The van der Waals surface area contributed by atoms with E-state index in [4.69, 9.17) is 10.8 Å². The van der Waals surface area contributed by atoms with Crippen LogP contribution in [0.3, 0.4) is 0 Å². The van der Waals surface area contributed by atoms with Gasteiger partial charge in [-0.05, 0) is 6.42 Å². The molecule has 0 aliphatic carbocycles. The number of nitrogens with two attached hydrogens (primary N) is 1. The molecule has 5 N–H and O–H groups in total. The second-order valence-corrected chi connectivity index (χ2v) is 5.33. The standard InChI is InChI=1S/C8H17N3O5S/c1-17(15,16)11-5-4-10-8(14)6(9)2-3-7(12)13/h6,11H,2-5,9H2,1H3,(H,10,14)(H,12,13). The van der Waals surface area contributed by atoms with Crippen molar-refractivity contribution in [2.75, 3.05) is 19.3 Å². The summed E-state index contributed by atoms with van der Waals surface area (Å²) in [6, 6.07) is -0.899. The van der Waals surface area contributed by atoms with Crippen molar-refractivity contribution in [2.24, 2.45) is 5.73 Å². The normalized spacial score (nSPS) is 13.1. The summed E-state index contributed by atoms with van der Waals surface area (Å²) < 4.78 is 23.5. The van der Waals surface area contributed by atoms with Crippen LogP contribution in [0, 0.1) is 0 Å². The van der Waals surface area contributed by atoms with Crippen molar-refractivity contribution < 1.29 is 23.1 Å². The van der Waals surface area contributed by atoms with Crippen LogP contribution in [-0.4, -0.2) is 50.8 Å². The number of carbonyl (C=O) groups excluding carboxylic acids is 1. The zero-order chi connectivity index (χ0) is 13.5. The summed E-state index contributed by atoms with van der Waals surface area (Å²) >= 11 is 0. The molecule has 0 aromatic heterocycles. The number of sulfonamides is 1. The summed E-state index contributed by atoms with van der Waals surface area (Å²) in [4.78, 5) is 21.5. The Kier molecular flexibility index (Phi) is 6.69. The van der Waals surface area contributed by atoms with E-state index in [1.54, 1.807) is 0 Å². The molecule has 0 heterocycles. The third-order valence-corrected chi connectivity index (χ3v) is 2.52. The van der Waals surface area contributed by atoms with E-state index in [1.807, 2.05) is 0 Å². The molecule has 0 fully saturated rings. The van der Waals surface area contributed by atoms with Gasteiger partial charge in [0.1, 0.15) is 0 Å². The lowest BCUT2D eigenvalue weighted by molar-refractivity contribution is -0.137. The summed E-state index contributed by atoms with van der Waals surface area (Å²) in [5.74, 6) is -1.52. The molecule has 0 spiro atoms. The molecule has 9 heteroatoms. The van der Waals surface area contributed by atoms with Crippen molar-refractivity contribution in [1.82, 2.24) is 10.0 Å². The number of carbonyl (C=O) groups is 2. The largest absolute Gasteiger partial charge is 0.481 e. The quantitative estimate of drug-likeness (QED) is 0.370. The smallest absolute Gasteiger partial charge is 0.303 e. The predicted octanol–water partition coefficient (Wildman–Crippen LogP) is -2.16. The van der Waals surface area contributed by atoms with Crippen LogP contribution in [0.4, 0.5) is 0 Å². The van der Waals surface area contributed by atoms with Gasteiger partial charge in [-0.3, -0.25) is 9.59 Å². The molecule has 1 atom stereocenters. The average Bonchev–Trinajstić information content (AvgIpc) is 2.19. The Morgan fingerprint density at radius 3 is 2.41 bits per heavy atom. The van der Waals surface area contributed by atoms with E-state index in [2.05, 4.69) is 10.0 Å². The van der Waals surface area contributed by atoms with E-state index in [-0.39, 0.29) is 25.9 Å². The second-order valence-electron chi connectivity index (χ2n) is 3.50. The third-order valence-electron chi connectivity index (χ3n) is 1.79. The topological polar surface area (TPSA) is 139 Å². The van der Waals surface area contributed by atoms with Crippen LogP contribution >= 0.6 is 0 Å². The zero-order valence-electron chi connectivity index (χ0n) is 9.47. The van der Waals surface area contributed by atoms with Crippen molar-refractivity contribution in [1.29, 1.82) is 0 Å². The number of rotatable bonds is 8. The van der Waals surface area contributed by atoms with Crippen LogP contribution in [0.5, 0.6) is 0 Å². The first-order chi connectivity index (χ1) is 7.72. The van der Waals surface area contributed by atoms with Crippen molar-refractivity contribution in [3.8, 4) is 0 Å². The van der Waals surface area contributed by atoms with Crippen LogP contribution < -0.4 is 15.8 Å². The van der Waals surface area contributed by atoms with E-state index in [0.717, 1.165) is 6.26 Å². The van der Waals surface area contributed by atoms with Crippen LogP contribution in [0.2, 0.25) is 0 Å². The van der Waals surface area contributed by atoms with Crippen LogP contribution in [0.25, 0.3) is 0 Å². The number of hydrogen-bond acceptors (Lipinski definition) is 5. The maximum atomic E-state index is 11.3. The Bertz CT molecular complexity index is 367. The monoisotopic (exact) mass is 267 g/mol. The zero-order valence-corrected chi connectivity index (χ0v) is 10.3. The van der Waals surface area contributed by atoms with Gasteiger partial charge in [0, 0.05) is 19.5 Å². The summed E-state index contributed by atoms with van der Waals surface area (Å²) in [6.07, 6.45) is 0.865. The minimum atomic E-state index is -3.27. The summed E-state index contributed by atoms with van der Waals surface area (Å²) in [5, 5.41) is 10.8. The Hall–Kier alpha value is -1.19. The number of aliphatic carboxylic acids is 1. The van der Waals surface area contributed by atoms with E-state index in [9.17, 15) is 18.0 Å². The van der Waals surface area contributed by atoms with Gasteiger partial charge < -0.3 is 16.2 Å². The van der Waals surface area contributed by atoms with Crippen molar-refractivity contribution in [3.63, 3.8) is 0 Å². The minimum absolute atomic E-state index is 0.0423. The molecule has 0 radical (unpaired) electrons. The SMILES string of the molecule is CS(=O)(=O)NCCNC(=O)C(N)CCC(=O)O. The minimum Gasteiger partial charge on any atom is -0.481 e. The van der Waals surface area contributed by atoms with Crippen LogP contribution in [0.15, 0.2) is 0 Å². The fourth-order valence-electron chi connectivity index (χ4n) is 0.963. The maximum Gasteiger partial charge on any atom is 0.303 e. The molecule has 0 aliphatic rings. The fraction of sp³-hybridized carbons (Fsp3) is 0.750. The second kappa shape index (κ2) is 7.20. The molecule has 0 rings (SSSR count). The van der Waals surface area contributed by atoms with Gasteiger partial charge in [-0.1, -0.05) is 0 Å². The number of carboxylic acid groups (broad SMARTS) is 1. The first kappa shape index (κ1) is 15.8. The van der Waals surface area contributed by atoms with Gasteiger partial charge >= 0.3 is 5.97 Å². The molecule has 17 heavy (non-hydrogen) atoms. The van der Waals surface area contributed by atoms with Gasteiger partial charge in [-0.25, -0.2) is 13.1 Å². The maximum absolute atomic E-state index is 11.3. The average molecular weight is 267 g/mol. The lowest BCUT2D eigenvalue weighted by Gasteiger charge is -2.11. The fourth-order valence-corrected chi connectivity index (χ4v) is 1.44. The van der Waals surface area contributed by atoms with Crippen molar-refractivity contribution in [2.45, 2.75) is 18.9 Å². The highest BCUT2D eigenvalue weighted by atomic mass is 32.2. The highest BCUT2D eigenvalue weighted by Gasteiger charge is 2.14. The molecule has 0 bridgehead atoms. The number of hydrogen-bond donors (Lipinski definition) is 4. The molecule has 0 saturated carbocycles. The van der Waals surface area contributed by atoms with E-state index < -0.39 is 27.9 Å². The lowest BCUT2D eigenvalue weighted by atomic mass is 10.1. The summed E-state index contributed by atoms with van der Waals surface area (Å²) in [6.45, 7) is 0.170. The van der Waals surface area contributed by atoms with E-state index in [0.29, 0.717) is 0 Å². The Labute approximate surface area is 99.6 Å². The molecule has 0 aromatic carbocycles. The van der Waals surface area contributed by atoms with Crippen molar-refractivity contribution >= 4 is 21.9 Å². The molecule has 1 unspecified atom stereocenters. The lowest BCUT2D eigenvalue weighted by Crippen LogP contribution is -2.43. The van der Waals surface area contributed by atoms with Gasteiger partial charge in [0.15, 0.2) is 0 Å². The van der Waals surface area contributed by atoms with Gasteiger partial charge in [-0.15, -0.1) is 0 Å². The molecule has 0 aromatic rings. The third kappa shape index (κ3) is 9.72. The molecule has 0 aliphatic heterocycles. The van der Waals surface area contributed by atoms with Crippen LogP contribution in [0.1, 0.15) is 12.8 Å². The Morgan fingerprint density at radius 1 is 1.35 bits per heavy atom. The van der Waals surface area contributed by atoms with Gasteiger partial charge in [-0.2, -0.15) is 0 Å². The molecule has 100 valence electrons. The van der Waals surface area contributed by atoms with Crippen molar-refractivity contribution in [3.05, 3.63) is 0 Å². The predicted molar refractivity (Wildman–Crippen MR) is 60.7 cm³/mol. The van der Waals surface area contributed by atoms with Gasteiger partial charge in [0.25, 0.3) is 0 Å². The Balaban J connectivity index is 3.75. The molecular formula is C8H17N3O5S. The van der Waals surface area contributed by atoms with E-state index in [1.165, 1.54) is 0 Å². The first-order valence-corrected chi connectivity index (χ1v) is 6.81. The molecular weight excluding hydrogens is 250 g/mol. The highest BCUT2D eigenvalue weighted by Crippen LogP contribution is 1.94. The van der Waals surface area contributed by atoms with E-state index >= 15 is 0 Å². The summed E-state index contributed by atoms with van der Waals surface area (Å²) in [7, 11) is -3.27. The summed E-state index contributed by atoms with van der Waals surface area (Å²) in [5.41, 5.74) is 5.42. The Morgan fingerprint density at radius 2 is 1.94 bits per heavy atom. The molecule has 8 nitrogen and oxygen atoms in total. The first-order valence-electron chi connectivity index (χ1n) is 4.92. The number of carboxylic acids is 1. The van der Waals surface area contributed by atoms with Gasteiger partial charge in [0.2, 0.25) is 15.9 Å². The highest BCUT2D eigenvalue weighted by molar-refractivity contribution is 7.88. The molecule has 1 amide bonds. The number of amides is 1.